The largest absolute Gasteiger partial charge is 0.464 e. The summed E-state index contributed by atoms with van der Waals surface area (Å²) in [4.78, 5) is 11.2. The Bertz CT molecular complexity index is 1440. The van der Waals surface area contributed by atoms with Gasteiger partial charge in [-0.2, -0.15) is 5.10 Å². The Morgan fingerprint density at radius 2 is 1.91 bits per heavy atom. The maximum atomic E-state index is 5.54. The van der Waals surface area contributed by atoms with Crippen molar-refractivity contribution in [1.29, 1.82) is 0 Å². The molecular formula is C24H21N7O2. The number of anilines is 2. The number of fused-ring (bicyclic) bond motifs is 2. The average Bonchev–Trinajstić information content (AvgIpc) is 3.51. The minimum atomic E-state index is 0.628. The summed E-state index contributed by atoms with van der Waals surface area (Å²) >= 11 is 0. The minimum Gasteiger partial charge on any atom is -0.464 e. The predicted octanol–water partition coefficient (Wildman–Crippen LogP) is 3.82. The van der Waals surface area contributed by atoms with E-state index in [0.29, 0.717) is 19.0 Å². The van der Waals surface area contributed by atoms with Crippen LogP contribution >= 0.6 is 0 Å². The summed E-state index contributed by atoms with van der Waals surface area (Å²) < 4.78 is 12.7. The average molecular weight is 439 g/mol. The van der Waals surface area contributed by atoms with Gasteiger partial charge in [0.2, 0.25) is 0 Å². The molecule has 9 nitrogen and oxygen atoms in total. The number of hydrogen-bond acceptors (Lipinski definition) is 8. The van der Waals surface area contributed by atoms with E-state index in [1.165, 1.54) is 0 Å². The second-order valence-electron chi connectivity index (χ2n) is 7.73. The molecule has 0 bridgehead atoms. The number of hydrazone groups is 1. The lowest BCUT2D eigenvalue weighted by molar-refractivity contribution is 0.123. The fourth-order valence-corrected chi connectivity index (χ4v) is 3.95. The van der Waals surface area contributed by atoms with E-state index in [-0.39, 0.29) is 0 Å². The van der Waals surface area contributed by atoms with Gasteiger partial charge in [-0.15, -0.1) is 5.10 Å². The van der Waals surface area contributed by atoms with Crippen LogP contribution in [0.3, 0.4) is 0 Å². The molecule has 9 heteroatoms. The van der Waals surface area contributed by atoms with E-state index in [0.717, 1.165) is 52.2 Å². The highest BCUT2D eigenvalue weighted by molar-refractivity contribution is 5.88. The van der Waals surface area contributed by atoms with Crippen molar-refractivity contribution in [3.8, 4) is 11.3 Å². The fourth-order valence-electron chi connectivity index (χ4n) is 3.95. The molecule has 0 amide bonds. The predicted molar refractivity (Wildman–Crippen MR) is 127 cm³/mol. The van der Waals surface area contributed by atoms with Crippen LogP contribution in [-0.4, -0.2) is 52.1 Å². The molecule has 4 aromatic heterocycles. The Kier molecular flexibility index (Phi) is 4.93. The number of nitrogens with one attached hydrogen (secondary N) is 1. The number of hydrogen-bond donors (Lipinski definition) is 1. The van der Waals surface area contributed by atoms with Crippen molar-refractivity contribution >= 4 is 34.3 Å². The third-order valence-electron chi connectivity index (χ3n) is 5.60. The zero-order chi connectivity index (χ0) is 22.0. The molecule has 0 saturated carbocycles. The number of rotatable bonds is 5. The maximum absolute atomic E-state index is 5.54. The fraction of sp³-hybridized carbons (Fsp3) is 0.167. The molecule has 1 N–H and O–H groups in total. The van der Waals surface area contributed by atoms with Crippen molar-refractivity contribution in [3.63, 3.8) is 0 Å². The number of imidazole rings is 1. The van der Waals surface area contributed by atoms with Gasteiger partial charge in [-0.05, 0) is 42.0 Å². The van der Waals surface area contributed by atoms with Crippen LogP contribution in [-0.2, 0) is 4.74 Å². The topological polar surface area (TPSA) is 93.1 Å². The smallest absolute Gasteiger partial charge is 0.177 e. The van der Waals surface area contributed by atoms with Gasteiger partial charge in [0.25, 0.3) is 0 Å². The summed E-state index contributed by atoms with van der Waals surface area (Å²) in [5, 5.41) is 10.1. The summed E-state index contributed by atoms with van der Waals surface area (Å²) in [6.45, 7) is 2.96. The summed E-state index contributed by atoms with van der Waals surface area (Å²) in [5.41, 5.74) is 8.51. The Hall–Kier alpha value is -4.24. The normalized spacial score (nSPS) is 14.5. The molecule has 1 aliphatic heterocycles. The molecule has 1 saturated heterocycles. The van der Waals surface area contributed by atoms with Crippen LogP contribution in [0, 0.1) is 0 Å². The third-order valence-corrected chi connectivity index (χ3v) is 5.60. The molecule has 1 fully saturated rings. The zero-order valence-electron chi connectivity index (χ0n) is 17.8. The summed E-state index contributed by atoms with van der Waals surface area (Å²) in [6.07, 6.45) is 8.90. The molecule has 1 aromatic carbocycles. The zero-order valence-corrected chi connectivity index (χ0v) is 17.8. The highest BCUT2D eigenvalue weighted by Crippen LogP contribution is 2.27. The molecule has 5 aromatic rings. The molecule has 6 rings (SSSR count). The van der Waals surface area contributed by atoms with Crippen LogP contribution in [0.25, 0.3) is 27.9 Å². The van der Waals surface area contributed by atoms with Crippen molar-refractivity contribution < 1.29 is 9.15 Å². The summed E-state index contributed by atoms with van der Waals surface area (Å²) in [7, 11) is 0. The van der Waals surface area contributed by atoms with E-state index in [4.69, 9.17) is 19.2 Å². The number of aromatic nitrogens is 4. The lowest BCUT2D eigenvalue weighted by atomic mass is 10.2. The van der Waals surface area contributed by atoms with Crippen molar-refractivity contribution in [1.82, 2.24) is 19.6 Å². The molecule has 33 heavy (non-hydrogen) atoms. The number of nitrogens with zero attached hydrogens (tertiary/aromatic N) is 6. The van der Waals surface area contributed by atoms with Crippen molar-refractivity contribution in [3.05, 3.63) is 72.9 Å². The van der Waals surface area contributed by atoms with Crippen LogP contribution in [0.1, 0.15) is 5.56 Å². The minimum absolute atomic E-state index is 0.628. The highest BCUT2D eigenvalue weighted by Gasteiger charge is 2.18. The van der Waals surface area contributed by atoms with E-state index in [1.54, 1.807) is 29.4 Å². The molecule has 0 radical (unpaired) electrons. The van der Waals surface area contributed by atoms with Gasteiger partial charge in [-0.25, -0.2) is 9.50 Å². The van der Waals surface area contributed by atoms with Gasteiger partial charge in [-0.1, -0.05) is 0 Å². The molecule has 0 spiro atoms. The van der Waals surface area contributed by atoms with Gasteiger partial charge in [0, 0.05) is 42.5 Å². The van der Waals surface area contributed by atoms with E-state index in [9.17, 15) is 0 Å². The number of pyridine rings is 1. The monoisotopic (exact) mass is 439 g/mol. The van der Waals surface area contributed by atoms with Crippen LogP contribution in [0.15, 0.2) is 76.8 Å². The van der Waals surface area contributed by atoms with Crippen molar-refractivity contribution in [2.45, 2.75) is 0 Å². The Morgan fingerprint density at radius 3 is 2.79 bits per heavy atom. The number of benzene rings is 1. The summed E-state index contributed by atoms with van der Waals surface area (Å²) in [5.74, 6) is 0.628. The van der Waals surface area contributed by atoms with Crippen molar-refractivity contribution in [2.75, 3.05) is 36.6 Å². The Morgan fingerprint density at radius 1 is 1.03 bits per heavy atom. The van der Waals surface area contributed by atoms with Crippen LogP contribution in [0.2, 0.25) is 0 Å². The first kappa shape index (κ1) is 19.4. The first-order valence-corrected chi connectivity index (χ1v) is 10.7. The van der Waals surface area contributed by atoms with Gasteiger partial charge in [-0.3, -0.25) is 10.4 Å². The second kappa shape index (κ2) is 8.36. The molecule has 5 heterocycles. The van der Waals surface area contributed by atoms with Crippen LogP contribution < -0.4 is 10.3 Å². The van der Waals surface area contributed by atoms with E-state index in [1.807, 2.05) is 48.7 Å². The molecule has 0 aliphatic carbocycles. The van der Waals surface area contributed by atoms with Crippen LogP contribution in [0.5, 0.6) is 0 Å². The SMILES string of the molecule is C(=N\Nc1cc(N2CCOCC2)c2nc(-c3ccncc3)cn2n1)/c1ccc2occc2c1. The van der Waals surface area contributed by atoms with Gasteiger partial charge < -0.3 is 14.1 Å². The first-order chi connectivity index (χ1) is 16.3. The lowest BCUT2D eigenvalue weighted by Gasteiger charge is -2.29. The number of morpholine rings is 1. The van der Waals surface area contributed by atoms with Gasteiger partial charge in [0.1, 0.15) is 5.58 Å². The molecular weight excluding hydrogens is 418 g/mol. The third kappa shape index (κ3) is 3.90. The lowest BCUT2D eigenvalue weighted by Crippen LogP contribution is -2.36. The van der Waals surface area contributed by atoms with Gasteiger partial charge in [0.05, 0.1) is 43.3 Å². The molecule has 1 aliphatic rings. The number of furan rings is 1. The second-order valence-corrected chi connectivity index (χ2v) is 7.73. The molecule has 164 valence electrons. The Labute approximate surface area is 189 Å². The van der Waals surface area contributed by atoms with Crippen LogP contribution in [0.4, 0.5) is 11.5 Å². The Balaban J connectivity index is 1.34. The quantitative estimate of drug-likeness (QED) is 0.329. The van der Waals surface area contributed by atoms with Crippen molar-refractivity contribution in [2.24, 2.45) is 5.10 Å². The van der Waals surface area contributed by atoms with Gasteiger partial charge in [0.15, 0.2) is 11.5 Å². The van der Waals surface area contributed by atoms with E-state index < -0.39 is 0 Å². The summed E-state index contributed by atoms with van der Waals surface area (Å²) in [6, 6.07) is 13.7. The first-order valence-electron chi connectivity index (χ1n) is 10.7. The number of ether oxygens (including phenoxy) is 1. The highest BCUT2D eigenvalue weighted by atomic mass is 16.5. The molecule has 0 atom stereocenters. The van der Waals surface area contributed by atoms with E-state index >= 15 is 0 Å². The van der Waals surface area contributed by atoms with Gasteiger partial charge >= 0.3 is 0 Å². The standard InChI is InChI=1S/C24H21N7O2/c1-2-22-19(5-10-33-22)13-17(1)15-26-28-23-14-21(30-8-11-32-12-9-30)24-27-20(16-31(24)29-23)18-3-6-25-7-4-18/h1-7,10,13-16H,8-9,11-12H2,(H,28,29)/b26-15+. The molecule has 0 unspecified atom stereocenters. The van der Waals surface area contributed by atoms with E-state index in [2.05, 4.69) is 20.4 Å². The maximum Gasteiger partial charge on any atom is 0.177 e.